The number of imidazole rings is 1. The van der Waals surface area contributed by atoms with Crippen LogP contribution < -0.4 is 4.90 Å². The summed E-state index contributed by atoms with van der Waals surface area (Å²) in [4.78, 5) is 17.3. The highest BCUT2D eigenvalue weighted by Gasteiger charge is 2.21. The van der Waals surface area contributed by atoms with Crippen LogP contribution in [0.25, 0.3) is 0 Å². The number of nitrogens with zero attached hydrogens (tertiary/aromatic N) is 3. The van der Waals surface area contributed by atoms with E-state index in [4.69, 9.17) is 0 Å². The van der Waals surface area contributed by atoms with E-state index >= 15 is 0 Å². The van der Waals surface area contributed by atoms with Gasteiger partial charge in [-0.2, -0.15) is 0 Å². The second-order valence-electron chi connectivity index (χ2n) is 4.62. The molecule has 0 saturated heterocycles. The molecule has 18 heavy (non-hydrogen) atoms. The van der Waals surface area contributed by atoms with Crippen molar-refractivity contribution in [2.45, 2.75) is 19.9 Å². The molecule has 4 nitrogen and oxygen atoms in total. The van der Waals surface area contributed by atoms with E-state index in [9.17, 15) is 4.79 Å². The summed E-state index contributed by atoms with van der Waals surface area (Å²) in [6.45, 7) is 3.25. The van der Waals surface area contributed by atoms with E-state index in [2.05, 4.69) is 23.2 Å². The van der Waals surface area contributed by atoms with Gasteiger partial charge in [0.15, 0.2) is 0 Å². The van der Waals surface area contributed by atoms with Gasteiger partial charge in [-0.25, -0.2) is 4.98 Å². The van der Waals surface area contributed by atoms with Gasteiger partial charge in [-0.15, -0.1) is 0 Å². The first-order valence-corrected chi connectivity index (χ1v) is 6.10. The molecule has 1 aliphatic rings. The van der Waals surface area contributed by atoms with E-state index in [-0.39, 0.29) is 5.91 Å². The third kappa shape index (κ3) is 1.90. The molecule has 0 N–H and O–H groups in total. The molecule has 1 amide bonds. The Morgan fingerprint density at radius 3 is 3.06 bits per heavy atom. The summed E-state index contributed by atoms with van der Waals surface area (Å²) in [6.07, 6.45) is 6.50. The van der Waals surface area contributed by atoms with Crippen LogP contribution in [0.5, 0.6) is 0 Å². The second kappa shape index (κ2) is 4.29. The Labute approximate surface area is 106 Å². The number of rotatable bonds is 2. The minimum atomic E-state index is 0.121. The van der Waals surface area contributed by atoms with E-state index in [0.717, 1.165) is 25.2 Å². The lowest BCUT2D eigenvalue weighted by atomic mass is 10.1. The first-order valence-electron chi connectivity index (χ1n) is 6.10. The summed E-state index contributed by atoms with van der Waals surface area (Å²) < 4.78 is 2.04. The molecule has 2 aromatic rings. The van der Waals surface area contributed by atoms with Gasteiger partial charge in [0.25, 0.3) is 0 Å². The largest absolute Gasteiger partial charge is 0.333 e. The number of hydrogen-bond donors (Lipinski definition) is 0. The van der Waals surface area contributed by atoms with Crippen molar-refractivity contribution >= 4 is 11.6 Å². The fourth-order valence-electron chi connectivity index (χ4n) is 2.47. The standard InChI is InChI=1S/C14H15N3O/c1-11(18)17-6-4-13-8-12(2-3-14(13)17)9-16-7-5-15-10-16/h2-3,5,7-8,10H,4,6,9H2,1H3. The highest BCUT2D eigenvalue weighted by atomic mass is 16.2. The Morgan fingerprint density at radius 1 is 1.44 bits per heavy atom. The van der Waals surface area contributed by atoms with Gasteiger partial charge in [0.05, 0.1) is 6.33 Å². The number of anilines is 1. The van der Waals surface area contributed by atoms with Crippen LogP contribution in [0.3, 0.4) is 0 Å². The molecular formula is C14H15N3O. The maximum Gasteiger partial charge on any atom is 0.223 e. The summed E-state index contributed by atoms with van der Waals surface area (Å²) in [5.74, 6) is 0.121. The van der Waals surface area contributed by atoms with E-state index in [1.807, 2.05) is 22.0 Å². The summed E-state index contributed by atoms with van der Waals surface area (Å²) >= 11 is 0. The molecule has 0 spiro atoms. The summed E-state index contributed by atoms with van der Waals surface area (Å²) in [7, 11) is 0. The second-order valence-corrected chi connectivity index (χ2v) is 4.62. The van der Waals surface area contributed by atoms with Gasteiger partial charge in [-0.05, 0) is 23.6 Å². The maximum absolute atomic E-state index is 11.5. The van der Waals surface area contributed by atoms with Gasteiger partial charge in [0.1, 0.15) is 0 Å². The van der Waals surface area contributed by atoms with E-state index in [1.54, 1.807) is 13.1 Å². The third-order valence-electron chi connectivity index (χ3n) is 3.34. The number of aromatic nitrogens is 2. The van der Waals surface area contributed by atoms with Crippen LogP contribution in [0.15, 0.2) is 36.9 Å². The van der Waals surface area contributed by atoms with Crippen LogP contribution in [0.1, 0.15) is 18.1 Å². The maximum atomic E-state index is 11.5. The smallest absolute Gasteiger partial charge is 0.223 e. The Bertz CT molecular complexity index is 575. The number of hydrogen-bond acceptors (Lipinski definition) is 2. The van der Waals surface area contributed by atoms with Gasteiger partial charge >= 0.3 is 0 Å². The van der Waals surface area contributed by atoms with Crippen molar-refractivity contribution < 1.29 is 4.79 Å². The fourth-order valence-corrected chi connectivity index (χ4v) is 2.47. The average molecular weight is 241 g/mol. The lowest BCUT2D eigenvalue weighted by Gasteiger charge is -2.14. The average Bonchev–Trinajstić information content (AvgIpc) is 2.97. The molecule has 4 heteroatoms. The molecule has 2 heterocycles. The van der Waals surface area contributed by atoms with Gasteiger partial charge in [-0.3, -0.25) is 4.79 Å². The summed E-state index contributed by atoms with van der Waals surface area (Å²) in [6, 6.07) is 6.33. The molecule has 1 aliphatic heterocycles. The predicted octanol–water partition coefficient (Wildman–Crippen LogP) is 1.84. The highest BCUT2D eigenvalue weighted by molar-refractivity contribution is 5.93. The van der Waals surface area contributed by atoms with E-state index in [0.29, 0.717) is 0 Å². The normalized spacial score (nSPS) is 13.7. The highest BCUT2D eigenvalue weighted by Crippen LogP contribution is 2.29. The minimum absolute atomic E-state index is 0.121. The molecule has 0 fully saturated rings. The molecule has 0 aliphatic carbocycles. The quantitative estimate of drug-likeness (QED) is 0.804. The molecule has 0 bridgehead atoms. The van der Waals surface area contributed by atoms with Gasteiger partial charge in [0.2, 0.25) is 5.91 Å². The van der Waals surface area contributed by atoms with Gasteiger partial charge in [-0.1, -0.05) is 12.1 Å². The number of amides is 1. The van der Waals surface area contributed by atoms with Crippen LogP contribution in [0.2, 0.25) is 0 Å². The predicted molar refractivity (Wildman–Crippen MR) is 69.5 cm³/mol. The van der Waals surface area contributed by atoms with Crippen molar-refractivity contribution in [3.05, 3.63) is 48.0 Å². The van der Waals surface area contributed by atoms with Crippen molar-refractivity contribution in [3.63, 3.8) is 0 Å². The van der Waals surface area contributed by atoms with Crippen molar-refractivity contribution in [2.24, 2.45) is 0 Å². The number of benzene rings is 1. The first-order chi connectivity index (χ1) is 8.74. The third-order valence-corrected chi connectivity index (χ3v) is 3.34. The Hall–Kier alpha value is -2.10. The molecule has 3 rings (SSSR count). The van der Waals surface area contributed by atoms with Crippen LogP contribution in [-0.4, -0.2) is 22.0 Å². The Kier molecular flexibility index (Phi) is 2.63. The minimum Gasteiger partial charge on any atom is -0.333 e. The van der Waals surface area contributed by atoms with Gasteiger partial charge < -0.3 is 9.47 Å². The Balaban J connectivity index is 1.87. The van der Waals surface area contributed by atoms with Crippen molar-refractivity contribution in [1.29, 1.82) is 0 Å². The number of fused-ring (bicyclic) bond motifs is 1. The Morgan fingerprint density at radius 2 is 2.33 bits per heavy atom. The van der Waals surface area contributed by atoms with E-state index in [1.165, 1.54) is 11.1 Å². The van der Waals surface area contributed by atoms with Crippen LogP contribution in [0.4, 0.5) is 5.69 Å². The molecule has 0 saturated carbocycles. The monoisotopic (exact) mass is 241 g/mol. The zero-order valence-electron chi connectivity index (χ0n) is 10.3. The lowest BCUT2D eigenvalue weighted by molar-refractivity contribution is -0.116. The molecule has 0 radical (unpaired) electrons. The topological polar surface area (TPSA) is 38.1 Å². The van der Waals surface area contributed by atoms with Crippen LogP contribution in [-0.2, 0) is 17.8 Å². The molecule has 0 atom stereocenters. The SMILES string of the molecule is CC(=O)N1CCc2cc(Cn3ccnc3)ccc21. The zero-order chi connectivity index (χ0) is 12.5. The lowest BCUT2D eigenvalue weighted by Crippen LogP contribution is -2.25. The molecular weight excluding hydrogens is 226 g/mol. The zero-order valence-corrected chi connectivity index (χ0v) is 10.3. The summed E-state index contributed by atoms with van der Waals surface area (Å²) in [5.41, 5.74) is 3.58. The molecule has 0 unspecified atom stereocenters. The van der Waals surface area contributed by atoms with Crippen LogP contribution in [0, 0.1) is 0 Å². The molecule has 1 aromatic heterocycles. The number of carbonyl (C=O) groups is 1. The van der Waals surface area contributed by atoms with Crippen molar-refractivity contribution in [2.75, 3.05) is 11.4 Å². The number of carbonyl (C=O) groups excluding carboxylic acids is 1. The van der Waals surface area contributed by atoms with Crippen molar-refractivity contribution in [1.82, 2.24) is 9.55 Å². The fraction of sp³-hybridized carbons (Fsp3) is 0.286. The molecule has 92 valence electrons. The summed E-state index contributed by atoms with van der Waals surface area (Å²) in [5, 5.41) is 0. The van der Waals surface area contributed by atoms with Crippen LogP contribution >= 0.6 is 0 Å². The van der Waals surface area contributed by atoms with E-state index < -0.39 is 0 Å². The molecule has 1 aromatic carbocycles. The first kappa shape index (κ1) is 11.0. The van der Waals surface area contributed by atoms with Gasteiger partial charge in [0, 0.05) is 38.1 Å². The van der Waals surface area contributed by atoms with Crippen molar-refractivity contribution in [3.8, 4) is 0 Å².